The highest BCUT2D eigenvalue weighted by Crippen LogP contribution is 2.37. The van der Waals surface area contributed by atoms with Gasteiger partial charge in [0.1, 0.15) is 0 Å². The van der Waals surface area contributed by atoms with E-state index in [0.717, 1.165) is 5.56 Å². The number of morpholine rings is 1. The summed E-state index contributed by atoms with van der Waals surface area (Å²) in [6, 6.07) is 13.8. The number of alkyl halides is 3. The van der Waals surface area contributed by atoms with Crippen LogP contribution in [0.3, 0.4) is 0 Å². The van der Waals surface area contributed by atoms with E-state index < -0.39 is 29.5 Å². The maximum atomic E-state index is 13.5. The third kappa shape index (κ3) is 5.38. The molecule has 0 spiro atoms. The van der Waals surface area contributed by atoms with Gasteiger partial charge in [0, 0.05) is 6.54 Å². The lowest BCUT2D eigenvalue weighted by Crippen LogP contribution is -2.43. The minimum absolute atomic E-state index is 0.180. The SMILES string of the molecule is C[C@@H](O[C@H]1OCCN[C@H]1c1ccccc1)c1cc(C(C)(C)C)cc(C(F)(F)F)c1. The highest BCUT2D eigenvalue weighted by atomic mass is 19.4. The summed E-state index contributed by atoms with van der Waals surface area (Å²) in [7, 11) is 0. The van der Waals surface area contributed by atoms with Crippen LogP contribution in [-0.4, -0.2) is 19.4 Å². The van der Waals surface area contributed by atoms with Crippen molar-refractivity contribution in [2.75, 3.05) is 13.2 Å². The molecule has 3 atom stereocenters. The zero-order valence-electron chi connectivity index (χ0n) is 17.2. The molecule has 1 fully saturated rings. The van der Waals surface area contributed by atoms with Crippen molar-refractivity contribution < 1.29 is 22.6 Å². The van der Waals surface area contributed by atoms with Crippen LogP contribution in [0.5, 0.6) is 0 Å². The zero-order valence-corrected chi connectivity index (χ0v) is 17.2. The van der Waals surface area contributed by atoms with E-state index in [-0.39, 0.29) is 6.04 Å². The molecule has 1 saturated heterocycles. The van der Waals surface area contributed by atoms with Crippen LogP contribution in [0.15, 0.2) is 48.5 Å². The maximum absolute atomic E-state index is 13.5. The van der Waals surface area contributed by atoms with Crippen molar-refractivity contribution in [3.8, 4) is 0 Å². The fourth-order valence-electron chi connectivity index (χ4n) is 3.40. The molecule has 3 nitrogen and oxygen atoms in total. The molecule has 0 radical (unpaired) electrons. The van der Waals surface area contributed by atoms with Gasteiger partial charge in [-0.15, -0.1) is 0 Å². The van der Waals surface area contributed by atoms with Gasteiger partial charge in [-0.1, -0.05) is 57.2 Å². The molecule has 0 saturated carbocycles. The molecule has 1 heterocycles. The van der Waals surface area contributed by atoms with E-state index in [4.69, 9.17) is 9.47 Å². The van der Waals surface area contributed by atoms with E-state index in [1.165, 1.54) is 12.1 Å². The van der Waals surface area contributed by atoms with Gasteiger partial charge in [-0.2, -0.15) is 13.2 Å². The largest absolute Gasteiger partial charge is 0.416 e. The van der Waals surface area contributed by atoms with Gasteiger partial charge in [0.15, 0.2) is 6.29 Å². The highest BCUT2D eigenvalue weighted by Gasteiger charge is 2.34. The van der Waals surface area contributed by atoms with Crippen molar-refractivity contribution in [1.29, 1.82) is 0 Å². The molecule has 3 rings (SSSR count). The lowest BCUT2D eigenvalue weighted by Gasteiger charge is -2.35. The predicted molar refractivity (Wildman–Crippen MR) is 107 cm³/mol. The number of ether oxygens (including phenoxy) is 2. The summed E-state index contributed by atoms with van der Waals surface area (Å²) >= 11 is 0. The molecule has 2 aromatic carbocycles. The highest BCUT2D eigenvalue weighted by molar-refractivity contribution is 5.36. The summed E-state index contributed by atoms with van der Waals surface area (Å²) in [5.74, 6) is 0. The first kappa shape index (κ1) is 21.8. The van der Waals surface area contributed by atoms with Crippen molar-refractivity contribution >= 4 is 0 Å². The first-order chi connectivity index (χ1) is 13.6. The fourth-order valence-corrected chi connectivity index (χ4v) is 3.40. The molecule has 1 aliphatic rings. The average Bonchev–Trinajstić information content (AvgIpc) is 2.67. The van der Waals surface area contributed by atoms with Crippen LogP contribution in [0, 0.1) is 0 Å². The van der Waals surface area contributed by atoms with Crippen molar-refractivity contribution in [2.24, 2.45) is 0 Å². The molecule has 29 heavy (non-hydrogen) atoms. The molecular weight excluding hydrogens is 379 g/mol. The Morgan fingerprint density at radius 3 is 2.31 bits per heavy atom. The molecule has 0 bridgehead atoms. The molecule has 1 N–H and O–H groups in total. The van der Waals surface area contributed by atoms with Gasteiger partial charge in [0.05, 0.1) is 24.3 Å². The van der Waals surface area contributed by atoms with Crippen LogP contribution in [0.1, 0.15) is 62.1 Å². The number of hydrogen-bond acceptors (Lipinski definition) is 3. The maximum Gasteiger partial charge on any atom is 0.416 e. The van der Waals surface area contributed by atoms with Crippen LogP contribution in [0.4, 0.5) is 13.2 Å². The van der Waals surface area contributed by atoms with E-state index in [2.05, 4.69) is 5.32 Å². The fraction of sp³-hybridized carbons (Fsp3) is 0.478. The van der Waals surface area contributed by atoms with E-state index in [9.17, 15) is 13.2 Å². The van der Waals surface area contributed by atoms with Gasteiger partial charge < -0.3 is 14.8 Å². The number of halogens is 3. The lowest BCUT2D eigenvalue weighted by molar-refractivity contribution is -0.200. The summed E-state index contributed by atoms with van der Waals surface area (Å²) in [4.78, 5) is 0. The Morgan fingerprint density at radius 2 is 1.69 bits per heavy atom. The van der Waals surface area contributed by atoms with Crippen molar-refractivity contribution in [3.63, 3.8) is 0 Å². The summed E-state index contributed by atoms with van der Waals surface area (Å²) in [6.07, 6.45) is -5.56. The van der Waals surface area contributed by atoms with E-state index in [1.807, 2.05) is 51.1 Å². The molecule has 6 heteroatoms. The number of hydrogen-bond donors (Lipinski definition) is 1. The zero-order chi connectivity index (χ0) is 21.2. The topological polar surface area (TPSA) is 30.5 Å². The van der Waals surface area contributed by atoms with Gasteiger partial charge in [-0.25, -0.2) is 0 Å². The number of rotatable bonds is 4. The van der Waals surface area contributed by atoms with Gasteiger partial charge in [-0.3, -0.25) is 0 Å². The Bertz CT molecular complexity index is 783. The third-order valence-corrected chi connectivity index (χ3v) is 5.14. The molecule has 0 amide bonds. The van der Waals surface area contributed by atoms with Crippen LogP contribution in [0.2, 0.25) is 0 Å². The second-order valence-electron chi connectivity index (χ2n) is 8.45. The Labute approximate surface area is 170 Å². The Morgan fingerprint density at radius 1 is 1.03 bits per heavy atom. The molecule has 2 aromatic rings. The first-order valence-corrected chi connectivity index (χ1v) is 9.84. The number of benzene rings is 2. The second-order valence-corrected chi connectivity index (χ2v) is 8.45. The molecule has 0 aliphatic carbocycles. The molecule has 158 valence electrons. The van der Waals surface area contributed by atoms with Crippen molar-refractivity contribution in [1.82, 2.24) is 5.32 Å². The minimum atomic E-state index is -4.41. The van der Waals surface area contributed by atoms with Crippen LogP contribution >= 0.6 is 0 Å². The van der Waals surface area contributed by atoms with Gasteiger partial charge >= 0.3 is 6.18 Å². The summed E-state index contributed by atoms with van der Waals surface area (Å²) in [5.41, 5.74) is 1.07. The van der Waals surface area contributed by atoms with Crippen LogP contribution in [0.25, 0.3) is 0 Å². The van der Waals surface area contributed by atoms with Gasteiger partial charge in [0.25, 0.3) is 0 Å². The van der Waals surface area contributed by atoms with Gasteiger partial charge in [-0.05, 0) is 41.2 Å². The standard InChI is InChI=1S/C23H28F3NO2/c1-15(17-12-18(22(2,3)4)14-19(13-17)23(24,25)26)29-21-20(27-10-11-28-21)16-8-6-5-7-9-16/h5-9,12-15,20-21,27H,10-11H2,1-4H3/t15-,20+,21-/m1/s1. The molecule has 0 unspecified atom stereocenters. The molecule has 1 aliphatic heterocycles. The Hall–Kier alpha value is -1.89. The smallest absolute Gasteiger partial charge is 0.349 e. The molecule has 0 aromatic heterocycles. The van der Waals surface area contributed by atoms with Gasteiger partial charge in [0.2, 0.25) is 0 Å². The Kier molecular flexibility index (Phi) is 6.36. The minimum Gasteiger partial charge on any atom is -0.349 e. The van der Waals surface area contributed by atoms with E-state index in [0.29, 0.717) is 24.3 Å². The van der Waals surface area contributed by atoms with Crippen LogP contribution < -0.4 is 5.32 Å². The van der Waals surface area contributed by atoms with E-state index in [1.54, 1.807) is 13.0 Å². The lowest BCUT2D eigenvalue weighted by atomic mass is 9.84. The second kappa shape index (κ2) is 8.46. The van der Waals surface area contributed by atoms with Crippen molar-refractivity contribution in [2.45, 2.75) is 57.7 Å². The summed E-state index contributed by atoms with van der Waals surface area (Å²) in [6.45, 7) is 8.64. The van der Waals surface area contributed by atoms with Crippen LogP contribution in [-0.2, 0) is 21.1 Å². The monoisotopic (exact) mass is 407 g/mol. The predicted octanol–water partition coefficient (Wildman–Crippen LogP) is 5.77. The molecular formula is C23H28F3NO2. The Balaban J connectivity index is 1.88. The van der Waals surface area contributed by atoms with E-state index >= 15 is 0 Å². The average molecular weight is 407 g/mol. The normalized spacial score (nSPS) is 21.8. The van der Waals surface area contributed by atoms with Crippen molar-refractivity contribution in [3.05, 3.63) is 70.8 Å². The quantitative estimate of drug-likeness (QED) is 0.698. The first-order valence-electron chi connectivity index (χ1n) is 9.84. The summed E-state index contributed by atoms with van der Waals surface area (Å²) < 4.78 is 52.4. The third-order valence-electron chi connectivity index (χ3n) is 5.14. The summed E-state index contributed by atoms with van der Waals surface area (Å²) in [5, 5.41) is 3.38. The number of nitrogens with one attached hydrogen (secondary N) is 1.